The van der Waals surface area contributed by atoms with Gasteiger partial charge in [0.05, 0.1) is 11.3 Å². The maximum Gasteiger partial charge on any atom is 0.253 e. The van der Waals surface area contributed by atoms with Crippen molar-refractivity contribution in [2.75, 3.05) is 23.3 Å². The van der Waals surface area contributed by atoms with Crippen molar-refractivity contribution >= 4 is 33.3 Å². The van der Waals surface area contributed by atoms with Gasteiger partial charge >= 0.3 is 0 Å². The predicted octanol–water partition coefficient (Wildman–Crippen LogP) is 3.16. The highest BCUT2D eigenvalue weighted by Gasteiger charge is 2.23. The number of benzene rings is 1. The second-order valence-electron chi connectivity index (χ2n) is 5.77. The average Bonchev–Trinajstić information content (AvgIpc) is 2.55. The van der Waals surface area contributed by atoms with Gasteiger partial charge < -0.3 is 16.0 Å². The molecule has 1 aromatic heterocycles. The molecule has 0 radical (unpaired) electrons. The summed E-state index contributed by atoms with van der Waals surface area (Å²) in [6.45, 7) is 1.69. The Balaban J connectivity index is 1.70. The Morgan fingerprint density at radius 2 is 2.08 bits per heavy atom. The quantitative estimate of drug-likeness (QED) is 0.837. The highest BCUT2D eigenvalue weighted by molar-refractivity contribution is 9.10. The van der Waals surface area contributed by atoms with E-state index in [9.17, 15) is 9.18 Å². The van der Waals surface area contributed by atoms with Gasteiger partial charge in [0.2, 0.25) is 0 Å². The number of nitrogens with zero attached hydrogens (tertiary/aromatic N) is 2. The van der Waals surface area contributed by atoms with Crippen LogP contribution in [0.2, 0.25) is 0 Å². The molecule has 1 aliphatic heterocycles. The number of carbonyl (C=O) groups is 1. The lowest BCUT2D eigenvalue weighted by molar-refractivity contribution is 0.0997. The monoisotopic (exact) mass is 392 g/mol. The summed E-state index contributed by atoms with van der Waals surface area (Å²) < 4.78 is 14.6. The first-order valence-corrected chi connectivity index (χ1v) is 8.55. The number of carbonyl (C=O) groups excluding carboxylic acids is 1. The van der Waals surface area contributed by atoms with Crippen LogP contribution >= 0.6 is 15.9 Å². The zero-order valence-corrected chi connectivity index (χ0v) is 14.6. The van der Waals surface area contributed by atoms with Gasteiger partial charge in [-0.05, 0) is 37.1 Å². The number of nitrogens with one attached hydrogen (secondary N) is 1. The Bertz CT molecular complexity index is 733. The molecular weight excluding hydrogens is 375 g/mol. The molecule has 1 saturated heterocycles. The topological polar surface area (TPSA) is 71.2 Å². The molecule has 0 bridgehead atoms. The Morgan fingerprint density at radius 3 is 2.71 bits per heavy atom. The molecule has 3 rings (SSSR count). The second kappa shape index (κ2) is 7.17. The van der Waals surface area contributed by atoms with Gasteiger partial charge in [0.25, 0.3) is 5.91 Å². The minimum atomic E-state index is -0.770. The lowest BCUT2D eigenvalue weighted by Crippen LogP contribution is -2.39. The van der Waals surface area contributed by atoms with Crippen LogP contribution in [-0.4, -0.2) is 30.0 Å². The standard InChI is InChI=1S/C17H18BrFN4O/c18-11-9-13(19)16(17(20)24)14(10-11)22-12-4-7-23(8-5-12)15-3-1-2-6-21-15/h1-3,6,9-10,12,22H,4-5,7-8H2,(H2,20,24). The van der Waals surface area contributed by atoms with Gasteiger partial charge in [0.15, 0.2) is 0 Å². The van der Waals surface area contributed by atoms with E-state index in [-0.39, 0.29) is 11.6 Å². The van der Waals surface area contributed by atoms with Crippen molar-refractivity contribution in [3.63, 3.8) is 0 Å². The van der Waals surface area contributed by atoms with Crippen molar-refractivity contribution in [3.8, 4) is 0 Å². The maximum atomic E-state index is 14.0. The molecule has 0 saturated carbocycles. The number of amides is 1. The lowest BCUT2D eigenvalue weighted by Gasteiger charge is -2.34. The van der Waals surface area contributed by atoms with Crippen molar-refractivity contribution < 1.29 is 9.18 Å². The number of anilines is 2. The zero-order valence-electron chi connectivity index (χ0n) is 13.0. The van der Waals surface area contributed by atoms with E-state index in [4.69, 9.17) is 5.73 Å². The Morgan fingerprint density at radius 1 is 1.33 bits per heavy atom. The third-order valence-corrected chi connectivity index (χ3v) is 4.59. The van der Waals surface area contributed by atoms with E-state index in [2.05, 4.69) is 31.1 Å². The molecule has 2 aromatic rings. The molecule has 0 unspecified atom stereocenters. The molecule has 0 atom stereocenters. The van der Waals surface area contributed by atoms with Gasteiger partial charge in [-0.2, -0.15) is 0 Å². The van der Waals surface area contributed by atoms with E-state index < -0.39 is 11.7 Å². The van der Waals surface area contributed by atoms with Crippen LogP contribution in [0.3, 0.4) is 0 Å². The summed E-state index contributed by atoms with van der Waals surface area (Å²) >= 11 is 3.25. The smallest absolute Gasteiger partial charge is 0.253 e. The third-order valence-electron chi connectivity index (χ3n) is 4.13. The molecule has 2 heterocycles. The molecule has 1 fully saturated rings. The number of primary amides is 1. The number of hydrogen-bond acceptors (Lipinski definition) is 4. The van der Waals surface area contributed by atoms with Crippen molar-refractivity contribution in [2.24, 2.45) is 5.73 Å². The van der Waals surface area contributed by atoms with E-state index in [0.29, 0.717) is 10.2 Å². The molecule has 126 valence electrons. The average molecular weight is 393 g/mol. The third kappa shape index (κ3) is 3.67. The molecular formula is C17H18BrFN4O. The Kier molecular flexibility index (Phi) is 4.99. The maximum absolute atomic E-state index is 14.0. The molecule has 1 aromatic carbocycles. The molecule has 1 aliphatic rings. The van der Waals surface area contributed by atoms with Crippen LogP contribution in [0.25, 0.3) is 0 Å². The predicted molar refractivity (Wildman–Crippen MR) is 95.7 cm³/mol. The van der Waals surface area contributed by atoms with Crippen LogP contribution in [0.1, 0.15) is 23.2 Å². The normalized spacial score (nSPS) is 15.3. The summed E-state index contributed by atoms with van der Waals surface area (Å²) in [6.07, 6.45) is 3.51. The Labute approximate surface area is 148 Å². The van der Waals surface area contributed by atoms with Gasteiger partial charge in [-0.3, -0.25) is 4.79 Å². The minimum Gasteiger partial charge on any atom is -0.381 e. The van der Waals surface area contributed by atoms with E-state index in [0.717, 1.165) is 31.7 Å². The fraction of sp³-hybridized carbons (Fsp3) is 0.294. The van der Waals surface area contributed by atoms with E-state index in [1.807, 2.05) is 18.2 Å². The number of aromatic nitrogens is 1. The molecule has 0 aliphatic carbocycles. The van der Waals surface area contributed by atoms with Crippen LogP contribution < -0.4 is 16.0 Å². The minimum absolute atomic E-state index is 0.0923. The van der Waals surface area contributed by atoms with Crippen LogP contribution in [0.15, 0.2) is 41.0 Å². The number of piperidine rings is 1. The molecule has 1 amide bonds. The van der Waals surface area contributed by atoms with Crippen molar-refractivity contribution in [2.45, 2.75) is 18.9 Å². The van der Waals surface area contributed by atoms with E-state index in [1.54, 1.807) is 12.3 Å². The summed E-state index contributed by atoms with van der Waals surface area (Å²) in [5, 5.41) is 3.27. The van der Waals surface area contributed by atoms with Crippen molar-refractivity contribution in [3.05, 3.63) is 52.4 Å². The van der Waals surface area contributed by atoms with Gasteiger partial charge in [-0.1, -0.05) is 22.0 Å². The highest BCUT2D eigenvalue weighted by atomic mass is 79.9. The summed E-state index contributed by atoms with van der Waals surface area (Å²) in [4.78, 5) is 18.1. The largest absolute Gasteiger partial charge is 0.381 e. The number of nitrogens with two attached hydrogens (primary N) is 1. The SMILES string of the molecule is NC(=O)c1c(F)cc(Br)cc1NC1CCN(c2ccccn2)CC1. The van der Waals surface area contributed by atoms with Crippen LogP contribution in [0.4, 0.5) is 15.9 Å². The highest BCUT2D eigenvalue weighted by Crippen LogP contribution is 2.27. The molecule has 0 spiro atoms. The summed E-state index contributed by atoms with van der Waals surface area (Å²) in [7, 11) is 0. The van der Waals surface area contributed by atoms with E-state index >= 15 is 0 Å². The molecule has 7 heteroatoms. The van der Waals surface area contributed by atoms with Gasteiger partial charge in [0, 0.05) is 29.8 Å². The van der Waals surface area contributed by atoms with Gasteiger partial charge in [-0.25, -0.2) is 9.37 Å². The fourth-order valence-electron chi connectivity index (χ4n) is 2.95. The van der Waals surface area contributed by atoms with Crippen molar-refractivity contribution in [1.82, 2.24) is 4.98 Å². The van der Waals surface area contributed by atoms with Crippen LogP contribution in [-0.2, 0) is 0 Å². The number of rotatable bonds is 4. The van der Waals surface area contributed by atoms with Crippen LogP contribution in [0, 0.1) is 5.82 Å². The summed E-state index contributed by atoms with van der Waals surface area (Å²) in [6, 6.07) is 8.93. The van der Waals surface area contributed by atoms with Gasteiger partial charge in [0.1, 0.15) is 11.6 Å². The zero-order chi connectivity index (χ0) is 17.1. The number of hydrogen-bond donors (Lipinski definition) is 2. The molecule has 5 nitrogen and oxygen atoms in total. The Hall–Kier alpha value is -2.15. The summed E-state index contributed by atoms with van der Waals surface area (Å²) in [5.41, 5.74) is 5.66. The lowest BCUT2D eigenvalue weighted by atomic mass is 10.0. The van der Waals surface area contributed by atoms with Gasteiger partial charge in [-0.15, -0.1) is 0 Å². The van der Waals surface area contributed by atoms with Crippen LogP contribution in [0.5, 0.6) is 0 Å². The molecule has 24 heavy (non-hydrogen) atoms. The number of halogens is 2. The second-order valence-corrected chi connectivity index (χ2v) is 6.68. The first-order chi connectivity index (χ1) is 11.5. The summed E-state index contributed by atoms with van der Waals surface area (Å²) in [5.74, 6) is -0.430. The first-order valence-electron chi connectivity index (χ1n) is 7.76. The first kappa shape index (κ1) is 16.7. The fourth-order valence-corrected chi connectivity index (χ4v) is 3.38. The number of pyridine rings is 1. The van der Waals surface area contributed by atoms with E-state index in [1.165, 1.54) is 6.07 Å². The van der Waals surface area contributed by atoms with Crippen molar-refractivity contribution in [1.29, 1.82) is 0 Å². The molecule has 3 N–H and O–H groups in total.